The molecule has 25 heavy (non-hydrogen) atoms. The fraction of sp³-hybridized carbons (Fsp3) is 0.211. The fourth-order valence-electron chi connectivity index (χ4n) is 3.06. The van der Waals surface area contributed by atoms with Crippen LogP contribution >= 0.6 is 12.2 Å². The minimum absolute atomic E-state index is 0.283. The molecule has 0 amide bonds. The van der Waals surface area contributed by atoms with Gasteiger partial charge in [0.25, 0.3) is 0 Å². The maximum atomic E-state index is 5.47. The number of aromatic nitrogens is 4. The molecule has 0 saturated carbocycles. The van der Waals surface area contributed by atoms with Gasteiger partial charge in [-0.05, 0) is 57.3 Å². The number of rotatable bonds is 3. The average Bonchev–Trinajstić information content (AvgIpc) is 2.90. The van der Waals surface area contributed by atoms with Crippen molar-refractivity contribution in [1.82, 2.24) is 19.5 Å². The number of nitrogens with one attached hydrogen (secondary N) is 2. The van der Waals surface area contributed by atoms with E-state index < -0.39 is 0 Å². The Hall–Kier alpha value is -2.73. The van der Waals surface area contributed by atoms with E-state index in [9.17, 15) is 0 Å². The largest absolute Gasteiger partial charge is 0.340 e. The van der Waals surface area contributed by atoms with Crippen LogP contribution in [0.15, 0.2) is 42.7 Å². The molecule has 0 radical (unpaired) electrons. The molecular weight excluding hydrogens is 330 g/mol. The summed E-state index contributed by atoms with van der Waals surface area (Å²) in [4.78, 5) is 12.2. The van der Waals surface area contributed by atoms with Crippen molar-refractivity contribution in [3.63, 3.8) is 0 Å². The van der Waals surface area contributed by atoms with Crippen molar-refractivity contribution in [3.05, 3.63) is 53.1 Å². The van der Waals surface area contributed by atoms with Gasteiger partial charge in [-0.3, -0.25) is 0 Å². The SMILES string of the molecule is Cc1ccc(Nc2ncnc3cc4c(cc23)[nH]c(=S)n4C(C)C)cc1. The van der Waals surface area contributed by atoms with Gasteiger partial charge in [-0.25, -0.2) is 9.97 Å². The Morgan fingerprint density at radius 1 is 1.12 bits per heavy atom. The number of aromatic amines is 1. The molecule has 0 atom stereocenters. The molecule has 0 aliphatic heterocycles. The number of hydrogen-bond donors (Lipinski definition) is 2. The van der Waals surface area contributed by atoms with Crippen molar-refractivity contribution >= 4 is 45.7 Å². The molecule has 0 aliphatic carbocycles. The smallest absolute Gasteiger partial charge is 0.178 e. The van der Waals surface area contributed by atoms with Gasteiger partial charge in [0.15, 0.2) is 4.77 Å². The standard InChI is InChI=1S/C19H19N5S/c1-11(2)24-17-9-15-14(8-16(17)23-19(24)25)18(21-10-20-15)22-13-6-4-12(3)5-7-13/h4-11H,1-3H3,(H,23,25)(H,20,21,22). The van der Waals surface area contributed by atoms with Crippen LogP contribution in [0.2, 0.25) is 0 Å². The van der Waals surface area contributed by atoms with Crippen LogP contribution in [0.5, 0.6) is 0 Å². The predicted molar refractivity (Wildman–Crippen MR) is 105 cm³/mol. The normalized spacial score (nSPS) is 11.5. The molecule has 0 fully saturated rings. The molecule has 0 unspecified atom stereocenters. The van der Waals surface area contributed by atoms with Crippen molar-refractivity contribution in [2.45, 2.75) is 26.8 Å². The van der Waals surface area contributed by atoms with Gasteiger partial charge >= 0.3 is 0 Å². The number of anilines is 2. The molecule has 0 bridgehead atoms. The summed E-state index contributed by atoms with van der Waals surface area (Å²) in [5.41, 5.74) is 5.17. The number of hydrogen-bond acceptors (Lipinski definition) is 4. The highest BCUT2D eigenvalue weighted by Crippen LogP contribution is 2.28. The highest BCUT2D eigenvalue weighted by atomic mass is 32.1. The minimum atomic E-state index is 0.283. The monoisotopic (exact) mass is 349 g/mol. The van der Waals surface area contributed by atoms with E-state index in [4.69, 9.17) is 12.2 Å². The first-order valence-electron chi connectivity index (χ1n) is 8.25. The second-order valence-electron chi connectivity index (χ2n) is 6.49. The summed E-state index contributed by atoms with van der Waals surface area (Å²) in [5, 5.41) is 4.35. The topological polar surface area (TPSA) is 58.5 Å². The summed E-state index contributed by atoms with van der Waals surface area (Å²) in [5.74, 6) is 0.785. The van der Waals surface area contributed by atoms with Gasteiger partial charge in [0.2, 0.25) is 0 Å². The van der Waals surface area contributed by atoms with Crippen LogP contribution in [-0.4, -0.2) is 19.5 Å². The minimum Gasteiger partial charge on any atom is -0.340 e. The number of H-pyrrole nitrogens is 1. The lowest BCUT2D eigenvalue weighted by atomic mass is 10.2. The summed E-state index contributed by atoms with van der Waals surface area (Å²) in [6.45, 7) is 6.32. The first-order valence-corrected chi connectivity index (χ1v) is 8.66. The van der Waals surface area contributed by atoms with E-state index in [-0.39, 0.29) is 6.04 Å². The number of nitrogens with zero attached hydrogens (tertiary/aromatic N) is 3. The molecule has 126 valence electrons. The highest BCUT2D eigenvalue weighted by Gasteiger charge is 2.12. The van der Waals surface area contributed by atoms with Crippen LogP contribution in [0.25, 0.3) is 21.9 Å². The van der Waals surface area contributed by atoms with Crippen LogP contribution in [0.1, 0.15) is 25.5 Å². The third-order valence-corrected chi connectivity index (χ3v) is 4.60. The Labute approximate surface area is 150 Å². The lowest BCUT2D eigenvalue weighted by Gasteiger charge is -2.11. The molecular formula is C19H19N5S. The molecule has 0 saturated heterocycles. The summed E-state index contributed by atoms with van der Waals surface area (Å²) >= 11 is 5.47. The Morgan fingerprint density at radius 3 is 2.60 bits per heavy atom. The molecule has 2 aromatic heterocycles. The van der Waals surface area contributed by atoms with Crippen LogP contribution < -0.4 is 5.32 Å². The fourth-order valence-corrected chi connectivity index (χ4v) is 3.48. The van der Waals surface area contributed by atoms with Crippen LogP contribution in [-0.2, 0) is 0 Å². The average molecular weight is 349 g/mol. The Morgan fingerprint density at radius 2 is 1.88 bits per heavy atom. The third kappa shape index (κ3) is 2.78. The summed E-state index contributed by atoms with van der Waals surface area (Å²) < 4.78 is 2.83. The van der Waals surface area contributed by atoms with E-state index in [1.807, 2.05) is 12.1 Å². The summed E-state index contributed by atoms with van der Waals surface area (Å²) in [6.07, 6.45) is 1.59. The van der Waals surface area contributed by atoms with Gasteiger partial charge in [0.1, 0.15) is 12.1 Å². The number of imidazole rings is 1. The zero-order valence-corrected chi connectivity index (χ0v) is 15.2. The molecule has 4 rings (SSSR count). The van der Waals surface area contributed by atoms with Crippen molar-refractivity contribution in [2.24, 2.45) is 0 Å². The second kappa shape index (κ2) is 5.97. The Balaban J connectivity index is 1.89. The van der Waals surface area contributed by atoms with Crippen LogP contribution in [0.4, 0.5) is 11.5 Å². The highest BCUT2D eigenvalue weighted by molar-refractivity contribution is 7.71. The second-order valence-corrected chi connectivity index (χ2v) is 6.88. The van der Waals surface area contributed by atoms with Crippen molar-refractivity contribution < 1.29 is 0 Å². The Bertz CT molecular complexity index is 1120. The van der Waals surface area contributed by atoms with Crippen LogP contribution in [0.3, 0.4) is 0 Å². The van der Waals surface area contributed by atoms with E-state index in [0.29, 0.717) is 0 Å². The maximum Gasteiger partial charge on any atom is 0.178 e. The van der Waals surface area contributed by atoms with E-state index >= 15 is 0 Å². The number of aryl methyl sites for hydroxylation is 1. The molecule has 2 heterocycles. The van der Waals surface area contributed by atoms with Gasteiger partial charge in [-0.15, -0.1) is 0 Å². The van der Waals surface area contributed by atoms with Gasteiger partial charge in [0, 0.05) is 17.1 Å². The number of fused-ring (bicyclic) bond motifs is 2. The lowest BCUT2D eigenvalue weighted by molar-refractivity contribution is 0.610. The van der Waals surface area contributed by atoms with E-state index in [0.717, 1.165) is 38.2 Å². The zero-order valence-electron chi connectivity index (χ0n) is 14.4. The third-order valence-electron chi connectivity index (χ3n) is 4.30. The van der Waals surface area contributed by atoms with Gasteiger partial charge < -0.3 is 14.9 Å². The molecule has 6 heteroatoms. The predicted octanol–water partition coefficient (Wildman–Crippen LogP) is 5.28. The van der Waals surface area contributed by atoms with Gasteiger partial charge in [0.05, 0.1) is 16.6 Å². The first-order chi connectivity index (χ1) is 12.0. The van der Waals surface area contributed by atoms with E-state index in [2.05, 4.69) is 69.9 Å². The maximum absolute atomic E-state index is 5.47. The quantitative estimate of drug-likeness (QED) is 0.494. The zero-order chi connectivity index (χ0) is 17.6. The van der Waals surface area contributed by atoms with Gasteiger partial charge in [-0.1, -0.05) is 17.7 Å². The van der Waals surface area contributed by atoms with Crippen molar-refractivity contribution in [2.75, 3.05) is 5.32 Å². The molecule has 0 spiro atoms. The molecule has 5 nitrogen and oxygen atoms in total. The lowest BCUT2D eigenvalue weighted by Crippen LogP contribution is -2.00. The van der Waals surface area contributed by atoms with Crippen LogP contribution in [0, 0.1) is 11.7 Å². The first kappa shape index (κ1) is 15.8. The van der Waals surface area contributed by atoms with Crippen molar-refractivity contribution in [3.8, 4) is 0 Å². The molecule has 0 aliphatic rings. The summed E-state index contributed by atoms with van der Waals surface area (Å²) in [6, 6.07) is 12.7. The van der Waals surface area contributed by atoms with Gasteiger partial charge in [-0.2, -0.15) is 0 Å². The van der Waals surface area contributed by atoms with Crippen molar-refractivity contribution in [1.29, 1.82) is 0 Å². The summed E-state index contributed by atoms with van der Waals surface area (Å²) in [7, 11) is 0. The molecule has 4 aromatic rings. The Kier molecular flexibility index (Phi) is 3.77. The molecule has 2 N–H and O–H groups in total. The van der Waals surface area contributed by atoms with E-state index in [1.165, 1.54) is 5.56 Å². The van der Waals surface area contributed by atoms with E-state index in [1.54, 1.807) is 6.33 Å². The molecule has 2 aromatic carbocycles. The number of benzene rings is 2.